The van der Waals surface area contributed by atoms with Gasteiger partial charge in [0.25, 0.3) is 0 Å². The summed E-state index contributed by atoms with van der Waals surface area (Å²) in [7, 11) is 2.21. The van der Waals surface area contributed by atoms with Gasteiger partial charge in [-0.1, -0.05) is 31.4 Å². The molecule has 32 heavy (non-hydrogen) atoms. The second kappa shape index (κ2) is 8.21. The zero-order chi connectivity index (χ0) is 22.4. The largest absolute Gasteiger partial charge is 0.454 e. The van der Waals surface area contributed by atoms with Crippen molar-refractivity contribution in [1.82, 2.24) is 9.88 Å². The van der Waals surface area contributed by atoms with Gasteiger partial charge in [0.05, 0.1) is 5.69 Å². The first-order valence-electron chi connectivity index (χ1n) is 11.5. The molecule has 5 nitrogen and oxygen atoms in total. The van der Waals surface area contributed by atoms with Crippen LogP contribution in [-0.2, 0) is 6.54 Å². The molecule has 3 aromatic heterocycles. The number of fused-ring (bicyclic) bond motifs is 2. The highest BCUT2D eigenvalue weighted by atomic mass is 16.4. The van der Waals surface area contributed by atoms with E-state index in [4.69, 9.17) is 8.83 Å². The third-order valence-corrected chi connectivity index (χ3v) is 7.14. The smallest absolute Gasteiger partial charge is 0.336 e. The van der Waals surface area contributed by atoms with Crippen LogP contribution < -0.4 is 5.63 Å². The minimum absolute atomic E-state index is 0.367. The van der Waals surface area contributed by atoms with Gasteiger partial charge in [-0.05, 0) is 63.4 Å². The SMILES string of the molecule is Cc1ccc2c(-c3cc4c(CN(C)C5CCCCC5)cnc(C)c4o3)cc(=O)oc2c1C. The molecule has 166 valence electrons. The normalized spacial score (nSPS) is 15.3. The molecule has 5 rings (SSSR count). The maximum Gasteiger partial charge on any atom is 0.336 e. The molecule has 1 aliphatic carbocycles. The summed E-state index contributed by atoms with van der Waals surface area (Å²) in [5, 5.41) is 1.96. The van der Waals surface area contributed by atoms with Gasteiger partial charge in [0.2, 0.25) is 0 Å². The number of rotatable bonds is 4. The number of aromatic nitrogens is 1. The van der Waals surface area contributed by atoms with E-state index in [0.29, 0.717) is 17.4 Å². The molecule has 0 unspecified atom stereocenters. The van der Waals surface area contributed by atoms with Crippen LogP contribution in [0.3, 0.4) is 0 Å². The maximum absolute atomic E-state index is 12.4. The van der Waals surface area contributed by atoms with Crippen LogP contribution in [0.15, 0.2) is 44.1 Å². The van der Waals surface area contributed by atoms with Crippen LogP contribution in [0.1, 0.15) is 54.5 Å². The zero-order valence-corrected chi connectivity index (χ0v) is 19.3. The highest BCUT2D eigenvalue weighted by Gasteiger charge is 2.21. The summed E-state index contributed by atoms with van der Waals surface area (Å²) >= 11 is 0. The Balaban J connectivity index is 1.61. The van der Waals surface area contributed by atoms with E-state index in [1.807, 2.05) is 33.0 Å². The standard InChI is InChI=1S/C27H30N2O3/c1-16-10-11-21-23(13-25(30)32-26(21)17(16)2)24-12-22-19(14-28-18(3)27(22)31-24)15-29(4)20-8-6-5-7-9-20/h10-14,20H,5-9,15H2,1-4H3. The molecule has 1 saturated carbocycles. The Morgan fingerprint density at radius 2 is 1.78 bits per heavy atom. The summed E-state index contributed by atoms with van der Waals surface area (Å²) in [4.78, 5) is 19.5. The number of pyridine rings is 1. The molecule has 0 saturated heterocycles. The topological polar surface area (TPSA) is 59.5 Å². The summed E-state index contributed by atoms with van der Waals surface area (Å²) in [6, 6.07) is 8.29. The zero-order valence-electron chi connectivity index (χ0n) is 19.3. The van der Waals surface area contributed by atoms with E-state index in [9.17, 15) is 4.79 Å². The Labute approximate surface area is 188 Å². The molecule has 0 radical (unpaired) electrons. The van der Waals surface area contributed by atoms with Gasteiger partial charge >= 0.3 is 5.63 Å². The van der Waals surface area contributed by atoms with E-state index in [0.717, 1.165) is 50.8 Å². The van der Waals surface area contributed by atoms with Crippen molar-refractivity contribution in [2.75, 3.05) is 7.05 Å². The molecule has 0 bridgehead atoms. The lowest BCUT2D eigenvalue weighted by Gasteiger charge is -2.31. The number of nitrogens with zero attached hydrogens (tertiary/aromatic N) is 2. The molecule has 1 aliphatic rings. The highest BCUT2D eigenvalue weighted by molar-refractivity contribution is 5.97. The Morgan fingerprint density at radius 1 is 1.00 bits per heavy atom. The molecule has 1 fully saturated rings. The highest BCUT2D eigenvalue weighted by Crippen LogP contribution is 2.36. The van der Waals surface area contributed by atoms with Gasteiger partial charge in [-0.2, -0.15) is 0 Å². The molecular weight excluding hydrogens is 400 g/mol. The molecular formula is C27H30N2O3. The predicted molar refractivity (Wildman–Crippen MR) is 128 cm³/mol. The quantitative estimate of drug-likeness (QED) is 0.356. The lowest BCUT2D eigenvalue weighted by atomic mass is 9.94. The van der Waals surface area contributed by atoms with Crippen LogP contribution in [0.4, 0.5) is 0 Å². The molecule has 0 N–H and O–H groups in total. The van der Waals surface area contributed by atoms with Gasteiger partial charge in [-0.3, -0.25) is 9.88 Å². The van der Waals surface area contributed by atoms with Crippen molar-refractivity contribution in [2.24, 2.45) is 0 Å². The van der Waals surface area contributed by atoms with E-state index in [2.05, 4.69) is 29.1 Å². The Kier molecular flexibility index (Phi) is 5.38. The average Bonchev–Trinajstić information content (AvgIpc) is 3.25. The number of aryl methyl sites for hydroxylation is 3. The van der Waals surface area contributed by atoms with Gasteiger partial charge in [-0.25, -0.2) is 4.79 Å². The predicted octanol–water partition coefficient (Wildman–Crippen LogP) is 6.29. The third kappa shape index (κ3) is 3.65. The van der Waals surface area contributed by atoms with Crippen LogP contribution in [0.5, 0.6) is 0 Å². The second-order valence-electron chi connectivity index (χ2n) is 9.29. The minimum atomic E-state index is -0.367. The fraction of sp³-hybridized carbons (Fsp3) is 0.407. The van der Waals surface area contributed by atoms with Crippen LogP contribution in [0.25, 0.3) is 33.3 Å². The van der Waals surface area contributed by atoms with Gasteiger partial charge in [0, 0.05) is 41.2 Å². The van der Waals surface area contributed by atoms with Crippen molar-refractivity contribution in [1.29, 1.82) is 0 Å². The number of benzene rings is 1. The van der Waals surface area contributed by atoms with E-state index < -0.39 is 0 Å². The molecule has 1 aromatic carbocycles. The van der Waals surface area contributed by atoms with Crippen molar-refractivity contribution in [3.8, 4) is 11.3 Å². The lowest BCUT2D eigenvalue weighted by Crippen LogP contribution is -2.32. The lowest BCUT2D eigenvalue weighted by molar-refractivity contribution is 0.185. The van der Waals surface area contributed by atoms with Crippen molar-refractivity contribution >= 4 is 21.9 Å². The summed E-state index contributed by atoms with van der Waals surface area (Å²) in [6.45, 7) is 6.81. The molecule has 0 spiro atoms. The van der Waals surface area contributed by atoms with Crippen molar-refractivity contribution < 1.29 is 8.83 Å². The first-order chi connectivity index (χ1) is 15.4. The summed E-state index contributed by atoms with van der Waals surface area (Å²) in [5.74, 6) is 0.679. The third-order valence-electron chi connectivity index (χ3n) is 7.14. The maximum atomic E-state index is 12.4. The Morgan fingerprint density at radius 3 is 2.56 bits per heavy atom. The van der Waals surface area contributed by atoms with E-state index in [1.165, 1.54) is 38.2 Å². The molecule has 0 amide bonds. The van der Waals surface area contributed by atoms with E-state index in [-0.39, 0.29) is 5.63 Å². The second-order valence-corrected chi connectivity index (χ2v) is 9.29. The molecule has 0 aliphatic heterocycles. The first-order valence-corrected chi connectivity index (χ1v) is 11.5. The Bertz CT molecular complexity index is 1360. The van der Waals surface area contributed by atoms with Crippen LogP contribution >= 0.6 is 0 Å². The molecule has 0 atom stereocenters. The molecule has 5 heteroatoms. The van der Waals surface area contributed by atoms with Crippen molar-refractivity contribution in [3.63, 3.8) is 0 Å². The van der Waals surface area contributed by atoms with Crippen LogP contribution in [0.2, 0.25) is 0 Å². The van der Waals surface area contributed by atoms with Gasteiger partial charge in [-0.15, -0.1) is 0 Å². The van der Waals surface area contributed by atoms with Crippen LogP contribution in [0, 0.1) is 20.8 Å². The van der Waals surface area contributed by atoms with Crippen molar-refractivity contribution in [3.05, 3.63) is 63.3 Å². The van der Waals surface area contributed by atoms with Crippen LogP contribution in [-0.4, -0.2) is 23.0 Å². The fourth-order valence-electron chi connectivity index (χ4n) is 5.04. The summed E-state index contributed by atoms with van der Waals surface area (Å²) in [5.41, 5.74) is 5.90. The molecule has 3 heterocycles. The summed E-state index contributed by atoms with van der Waals surface area (Å²) in [6.07, 6.45) is 8.48. The number of hydrogen-bond acceptors (Lipinski definition) is 5. The number of furan rings is 1. The molecule has 4 aromatic rings. The van der Waals surface area contributed by atoms with Gasteiger partial charge < -0.3 is 8.83 Å². The average molecular weight is 431 g/mol. The Hall–Kier alpha value is -2.92. The summed E-state index contributed by atoms with van der Waals surface area (Å²) < 4.78 is 11.9. The monoisotopic (exact) mass is 430 g/mol. The van der Waals surface area contributed by atoms with E-state index >= 15 is 0 Å². The van der Waals surface area contributed by atoms with Crippen molar-refractivity contribution in [2.45, 2.75) is 65.5 Å². The van der Waals surface area contributed by atoms with Gasteiger partial charge in [0.15, 0.2) is 5.58 Å². The minimum Gasteiger partial charge on any atom is -0.454 e. The first kappa shape index (κ1) is 21.0. The van der Waals surface area contributed by atoms with Gasteiger partial charge in [0.1, 0.15) is 11.3 Å². The number of hydrogen-bond donors (Lipinski definition) is 0. The van der Waals surface area contributed by atoms with E-state index in [1.54, 1.807) is 0 Å². The fourth-order valence-corrected chi connectivity index (χ4v) is 5.04.